The Morgan fingerprint density at radius 1 is 0.818 bits per heavy atom. The number of rotatable bonds is 11. The van der Waals surface area contributed by atoms with Gasteiger partial charge in [-0.15, -0.1) is 0 Å². The van der Waals surface area contributed by atoms with Gasteiger partial charge in [-0.3, -0.25) is 4.90 Å². The lowest BCUT2D eigenvalue weighted by Crippen LogP contribution is -2.37. The molecule has 0 aliphatic carbocycles. The van der Waals surface area contributed by atoms with E-state index in [2.05, 4.69) is 0 Å². The molecular formula is C26H29F2NO4. The van der Waals surface area contributed by atoms with Crippen molar-refractivity contribution in [1.82, 2.24) is 4.90 Å². The van der Waals surface area contributed by atoms with Crippen LogP contribution in [-0.2, 0) is 4.74 Å². The van der Waals surface area contributed by atoms with Crippen molar-refractivity contribution in [2.75, 3.05) is 26.2 Å². The highest BCUT2D eigenvalue weighted by Crippen LogP contribution is 2.27. The van der Waals surface area contributed by atoms with Crippen molar-refractivity contribution >= 4 is 0 Å². The molecular weight excluding hydrogens is 428 g/mol. The first kappa shape index (κ1) is 24.8. The number of halogens is 2. The molecule has 3 N–H and O–H groups in total. The summed E-state index contributed by atoms with van der Waals surface area (Å²) in [6.07, 6.45) is -2.28. The maximum Gasteiger partial charge on any atom is 0.123 e. The van der Waals surface area contributed by atoms with Crippen LogP contribution in [0.2, 0.25) is 0 Å². The second-order valence-corrected chi connectivity index (χ2v) is 7.93. The van der Waals surface area contributed by atoms with Gasteiger partial charge in [0, 0.05) is 13.1 Å². The smallest absolute Gasteiger partial charge is 0.123 e. The molecule has 0 aromatic heterocycles. The van der Waals surface area contributed by atoms with Gasteiger partial charge in [-0.2, -0.15) is 0 Å². The van der Waals surface area contributed by atoms with Crippen molar-refractivity contribution in [3.05, 3.63) is 101 Å². The molecule has 0 fully saturated rings. The third-order valence-electron chi connectivity index (χ3n) is 5.40. The van der Waals surface area contributed by atoms with Gasteiger partial charge in [0.1, 0.15) is 23.5 Å². The zero-order valence-electron chi connectivity index (χ0n) is 18.4. The third-order valence-corrected chi connectivity index (χ3v) is 5.40. The summed E-state index contributed by atoms with van der Waals surface area (Å²) in [6, 6.07) is 18.1. The van der Waals surface area contributed by atoms with Gasteiger partial charge >= 0.3 is 0 Å². The number of phenols is 1. The highest BCUT2D eigenvalue weighted by atomic mass is 19.1. The molecule has 7 heteroatoms. The van der Waals surface area contributed by atoms with Gasteiger partial charge in [0.15, 0.2) is 0 Å². The summed E-state index contributed by atoms with van der Waals surface area (Å²) in [7, 11) is 0. The molecule has 0 amide bonds. The summed E-state index contributed by atoms with van der Waals surface area (Å²) in [5, 5.41) is 30.7. The number of ether oxygens (including phenoxy) is 1. The van der Waals surface area contributed by atoms with E-state index in [-0.39, 0.29) is 37.1 Å². The van der Waals surface area contributed by atoms with E-state index in [0.717, 1.165) is 0 Å². The van der Waals surface area contributed by atoms with Gasteiger partial charge in [0.2, 0.25) is 0 Å². The first-order valence-corrected chi connectivity index (χ1v) is 10.9. The molecule has 3 aromatic carbocycles. The van der Waals surface area contributed by atoms with Crippen LogP contribution in [0.25, 0.3) is 0 Å². The van der Waals surface area contributed by atoms with Gasteiger partial charge in [-0.05, 0) is 59.6 Å². The van der Waals surface area contributed by atoms with Crippen LogP contribution in [0.1, 0.15) is 35.8 Å². The summed E-state index contributed by atoms with van der Waals surface area (Å²) in [5.41, 5.74) is 1.95. The van der Waals surface area contributed by atoms with E-state index in [1.807, 2.05) is 11.8 Å². The summed E-state index contributed by atoms with van der Waals surface area (Å²) < 4.78 is 32.8. The first-order valence-electron chi connectivity index (χ1n) is 10.9. The fourth-order valence-corrected chi connectivity index (χ4v) is 3.63. The average molecular weight is 458 g/mol. The molecule has 3 rings (SSSR count). The molecule has 2 atom stereocenters. The predicted molar refractivity (Wildman–Crippen MR) is 122 cm³/mol. The molecule has 0 unspecified atom stereocenters. The van der Waals surface area contributed by atoms with Gasteiger partial charge < -0.3 is 20.1 Å². The number of nitrogens with zero attached hydrogens (tertiary/aromatic N) is 1. The molecule has 5 nitrogen and oxygen atoms in total. The predicted octanol–water partition coefficient (Wildman–Crippen LogP) is 4.19. The maximum atomic E-state index is 13.4. The molecule has 33 heavy (non-hydrogen) atoms. The minimum atomic E-state index is -0.857. The molecule has 0 saturated heterocycles. The topological polar surface area (TPSA) is 73.2 Å². The minimum Gasteiger partial charge on any atom is -0.508 e. The van der Waals surface area contributed by atoms with Crippen LogP contribution in [-0.4, -0.2) is 52.6 Å². The van der Waals surface area contributed by atoms with Crippen molar-refractivity contribution in [2.24, 2.45) is 0 Å². The van der Waals surface area contributed by atoms with E-state index >= 15 is 0 Å². The lowest BCUT2D eigenvalue weighted by Gasteiger charge is -2.27. The Balaban J connectivity index is 1.63. The fourth-order valence-electron chi connectivity index (χ4n) is 3.63. The Bertz CT molecular complexity index is 952. The largest absolute Gasteiger partial charge is 0.508 e. The number of likely N-dealkylation sites (N-methyl/N-ethyl adjacent to an activating group) is 1. The van der Waals surface area contributed by atoms with Crippen LogP contribution in [0.5, 0.6) is 5.75 Å². The van der Waals surface area contributed by atoms with Crippen LogP contribution < -0.4 is 0 Å². The van der Waals surface area contributed by atoms with Crippen LogP contribution in [0.3, 0.4) is 0 Å². The van der Waals surface area contributed by atoms with Crippen molar-refractivity contribution in [3.63, 3.8) is 0 Å². The SMILES string of the molecule is CCN(C[C@@H](O)COC(c1ccc(F)cc1)c1ccc(F)cc1)C[C@@H](O)c1cccc(O)c1. The molecule has 176 valence electrons. The van der Waals surface area contributed by atoms with E-state index in [1.165, 1.54) is 36.4 Å². The summed E-state index contributed by atoms with van der Waals surface area (Å²) in [4.78, 5) is 1.88. The number of aliphatic hydroxyl groups excluding tert-OH is 2. The summed E-state index contributed by atoms with van der Waals surface area (Å²) >= 11 is 0. The lowest BCUT2D eigenvalue weighted by atomic mass is 10.0. The van der Waals surface area contributed by atoms with E-state index in [0.29, 0.717) is 23.2 Å². The summed E-state index contributed by atoms with van der Waals surface area (Å²) in [5.74, 6) is -0.670. The molecule has 0 aliphatic heterocycles. The van der Waals surface area contributed by atoms with Crippen molar-refractivity contribution < 1.29 is 28.8 Å². The Labute approximate surface area is 192 Å². The number of phenolic OH excluding ortho intramolecular Hbond substituents is 1. The second-order valence-electron chi connectivity index (χ2n) is 7.93. The zero-order chi connectivity index (χ0) is 23.8. The van der Waals surface area contributed by atoms with Gasteiger partial charge in [-0.1, -0.05) is 43.3 Å². The highest BCUT2D eigenvalue weighted by molar-refractivity contribution is 5.31. The van der Waals surface area contributed by atoms with E-state index in [9.17, 15) is 24.1 Å². The van der Waals surface area contributed by atoms with Crippen LogP contribution in [0.4, 0.5) is 8.78 Å². The van der Waals surface area contributed by atoms with Crippen molar-refractivity contribution in [1.29, 1.82) is 0 Å². The van der Waals surface area contributed by atoms with Crippen LogP contribution >= 0.6 is 0 Å². The van der Waals surface area contributed by atoms with E-state index in [1.54, 1.807) is 36.4 Å². The zero-order valence-corrected chi connectivity index (χ0v) is 18.4. The number of hydrogen-bond acceptors (Lipinski definition) is 5. The van der Waals surface area contributed by atoms with E-state index < -0.39 is 18.3 Å². The van der Waals surface area contributed by atoms with Gasteiger partial charge in [0.25, 0.3) is 0 Å². The fraction of sp³-hybridized carbons (Fsp3) is 0.308. The van der Waals surface area contributed by atoms with E-state index in [4.69, 9.17) is 4.74 Å². The third kappa shape index (κ3) is 7.33. The number of aromatic hydroxyl groups is 1. The van der Waals surface area contributed by atoms with Crippen molar-refractivity contribution in [2.45, 2.75) is 25.2 Å². The second kappa shape index (κ2) is 11.9. The van der Waals surface area contributed by atoms with Gasteiger partial charge in [0.05, 0.1) is 18.8 Å². The number of benzene rings is 3. The molecule has 0 spiro atoms. The first-order chi connectivity index (χ1) is 15.9. The Morgan fingerprint density at radius 2 is 1.39 bits per heavy atom. The van der Waals surface area contributed by atoms with Crippen molar-refractivity contribution in [3.8, 4) is 5.75 Å². The Hall–Kier alpha value is -2.84. The van der Waals surface area contributed by atoms with Gasteiger partial charge in [-0.25, -0.2) is 8.78 Å². The van der Waals surface area contributed by atoms with Crippen LogP contribution in [0, 0.1) is 11.6 Å². The molecule has 0 saturated carbocycles. The minimum absolute atomic E-state index is 0.0157. The molecule has 0 bridgehead atoms. The molecule has 0 aliphatic rings. The maximum absolute atomic E-state index is 13.4. The summed E-state index contributed by atoms with van der Waals surface area (Å²) in [6.45, 7) is 3.02. The van der Waals surface area contributed by atoms with Crippen LogP contribution in [0.15, 0.2) is 72.8 Å². The average Bonchev–Trinajstić information content (AvgIpc) is 2.81. The molecule has 0 radical (unpaired) electrons. The molecule has 3 aromatic rings. The Morgan fingerprint density at radius 3 is 1.91 bits per heavy atom. The monoisotopic (exact) mass is 457 g/mol. The highest BCUT2D eigenvalue weighted by Gasteiger charge is 2.20. The normalized spacial score (nSPS) is 13.4. The number of hydrogen-bond donors (Lipinski definition) is 3. The quantitative estimate of drug-likeness (QED) is 0.403. The molecule has 0 heterocycles. The standard InChI is InChI=1S/C26H29F2NO4/c1-2-29(16-25(32)20-4-3-5-23(30)14-20)15-24(31)17-33-26(18-6-10-21(27)11-7-18)19-8-12-22(28)13-9-19/h3-14,24-26,30-32H,2,15-17H2,1H3/t24-,25-/m1/s1. The Kier molecular flexibility index (Phi) is 8.91. The lowest BCUT2D eigenvalue weighted by molar-refractivity contribution is -0.0132. The number of aliphatic hydroxyl groups is 2.